The van der Waals surface area contributed by atoms with Gasteiger partial charge in [0.15, 0.2) is 5.13 Å². The summed E-state index contributed by atoms with van der Waals surface area (Å²) in [5, 5.41) is 12.7. The minimum atomic E-state index is -3.62. The smallest absolute Gasteiger partial charge is 0.266 e. The third-order valence-electron chi connectivity index (χ3n) is 11.0. The van der Waals surface area contributed by atoms with Crippen LogP contribution >= 0.6 is 11.3 Å². The number of unbranched alkanes of at least 4 members (excludes halogenated alkanes) is 4. The number of nitrogens with zero attached hydrogens (tertiary/aromatic N) is 3. The number of hydrogen-bond donors (Lipinski definition) is 4. The third kappa shape index (κ3) is 12.5. The van der Waals surface area contributed by atoms with Gasteiger partial charge in [0.1, 0.15) is 17.8 Å². The number of carbonyl (C=O) groups excluding carboxylic acids is 7. The summed E-state index contributed by atoms with van der Waals surface area (Å²) in [6, 6.07) is 20.7. The van der Waals surface area contributed by atoms with E-state index in [1.54, 1.807) is 17.5 Å². The highest BCUT2D eigenvalue weighted by atomic mass is 32.2. The molecule has 18 nitrogen and oxygen atoms in total. The van der Waals surface area contributed by atoms with Crippen LogP contribution in [0.3, 0.4) is 0 Å². The zero-order valence-corrected chi connectivity index (χ0v) is 38.2. The van der Waals surface area contributed by atoms with Crippen LogP contribution in [0.4, 0.5) is 5.13 Å². The van der Waals surface area contributed by atoms with Crippen LogP contribution in [-0.2, 0) is 47.1 Å². The minimum absolute atomic E-state index is 0.0381. The second kappa shape index (κ2) is 22.0. The fourth-order valence-corrected chi connectivity index (χ4v) is 8.76. The largest absolute Gasteiger partial charge is 0.493 e. The summed E-state index contributed by atoms with van der Waals surface area (Å²) in [5.41, 5.74) is 3.55. The number of imide groups is 2. The Morgan fingerprint density at radius 1 is 0.896 bits per heavy atom. The molecule has 0 aliphatic carbocycles. The van der Waals surface area contributed by atoms with Gasteiger partial charge in [-0.05, 0) is 48.6 Å². The van der Waals surface area contributed by atoms with Gasteiger partial charge in [-0.15, -0.1) is 11.3 Å². The SMILES string of the molecule is CS(=O)(=O)n1ccc(C(=O)NC(COCc2ccc(CNC(=O)CCCCCCCOc3cccc4c3C(=O)N(C3CCC(=O)NC3=O)C4=O)cc2)C(=O)Nc2nc(-c3ccccc3)cs2)c1. The molecule has 2 aromatic heterocycles. The van der Waals surface area contributed by atoms with E-state index in [9.17, 15) is 42.0 Å². The molecule has 4 heterocycles. The van der Waals surface area contributed by atoms with E-state index in [2.05, 4.69) is 26.3 Å². The Morgan fingerprint density at radius 2 is 1.64 bits per heavy atom. The molecule has 0 saturated carbocycles. The highest BCUT2D eigenvalue weighted by Gasteiger charge is 2.46. The minimum Gasteiger partial charge on any atom is -0.493 e. The van der Waals surface area contributed by atoms with Crippen molar-refractivity contribution in [1.82, 2.24) is 29.8 Å². The Morgan fingerprint density at radius 3 is 2.39 bits per heavy atom. The molecule has 0 spiro atoms. The number of rotatable bonds is 22. The first-order valence-electron chi connectivity index (χ1n) is 21.7. The van der Waals surface area contributed by atoms with E-state index in [-0.39, 0.29) is 54.4 Å². The first kappa shape index (κ1) is 47.9. The van der Waals surface area contributed by atoms with Crippen molar-refractivity contribution in [3.05, 3.63) is 124 Å². The number of amides is 7. The van der Waals surface area contributed by atoms with Crippen molar-refractivity contribution in [3.63, 3.8) is 0 Å². The summed E-state index contributed by atoms with van der Waals surface area (Å²) in [6.07, 6.45) is 7.81. The molecule has 7 rings (SSSR count). The molecule has 5 aromatic rings. The monoisotopic (exact) mass is 951 g/mol. The van der Waals surface area contributed by atoms with Gasteiger partial charge in [0.25, 0.3) is 23.6 Å². The summed E-state index contributed by atoms with van der Waals surface area (Å²) in [4.78, 5) is 94.9. The van der Waals surface area contributed by atoms with E-state index in [4.69, 9.17) is 9.47 Å². The quantitative estimate of drug-likeness (QED) is 0.0540. The molecule has 20 heteroatoms. The highest BCUT2D eigenvalue weighted by molar-refractivity contribution is 7.89. The standard InChI is InChI=1S/C47H49N7O11S2/c1-67(62,63)53-23-22-33(26-53)42(57)49-35(43(58)52-47-50-36(29-66-47)32-11-6-5-7-12-32)28-64-27-31-18-16-30(17-19-31)25-48-39(55)15-8-3-2-4-9-24-65-38-14-10-13-34-41(38)46(61)54(45(34)60)37-20-21-40(56)51-44(37)59/h5-7,10-14,16-19,22-23,26,29,35,37H,2-4,8-9,15,20-21,24-25,27-28H2,1H3,(H,48,55)(H,49,57)(H,50,52,58)(H,51,56,59). The van der Waals surface area contributed by atoms with Crippen LogP contribution in [0.25, 0.3) is 11.3 Å². The van der Waals surface area contributed by atoms with Crippen molar-refractivity contribution in [2.45, 2.75) is 76.6 Å². The lowest BCUT2D eigenvalue weighted by Crippen LogP contribution is -2.54. The van der Waals surface area contributed by atoms with Crippen LogP contribution in [0, 0.1) is 0 Å². The van der Waals surface area contributed by atoms with Crippen LogP contribution in [0.2, 0.25) is 0 Å². The molecule has 0 radical (unpaired) electrons. The predicted octanol–water partition coefficient (Wildman–Crippen LogP) is 4.81. The van der Waals surface area contributed by atoms with Gasteiger partial charge in [-0.3, -0.25) is 47.8 Å². The molecule has 2 atom stereocenters. The summed E-state index contributed by atoms with van der Waals surface area (Å²) in [7, 11) is -3.62. The van der Waals surface area contributed by atoms with Crippen LogP contribution in [0.15, 0.2) is 96.6 Å². The number of benzene rings is 3. The fourth-order valence-electron chi connectivity index (χ4n) is 7.45. The maximum Gasteiger partial charge on any atom is 0.266 e. The number of anilines is 1. The van der Waals surface area contributed by atoms with Crippen molar-refractivity contribution in [2.75, 3.05) is 24.8 Å². The molecule has 67 heavy (non-hydrogen) atoms. The van der Waals surface area contributed by atoms with E-state index < -0.39 is 57.6 Å². The van der Waals surface area contributed by atoms with Gasteiger partial charge in [0.05, 0.1) is 48.5 Å². The Bertz CT molecular complexity index is 2760. The number of fused-ring (bicyclic) bond motifs is 1. The van der Waals surface area contributed by atoms with Gasteiger partial charge in [-0.1, -0.05) is 79.9 Å². The molecule has 2 unspecified atom stereocenters. The van der Waals surface area contributed by atoms with E-state index in [0.29, 0.717) is 43.2 Å². The van der Waals surface area contributed by atoms with Crippen LogP contribution in [0.1, 0.15) is 93.6 Å². The Balaban J connectivity index is 0.802. The normalized spacial score (nSPS) is 15.2. The molecule has 350 valence electrons. The Labute approximate surface area is 390 Å². The van der Waals surface area contributed by atoms with E-state index >= 15 is 0 Å². The Kier molecular flexibility index (Phi) is 15.7. The third-order valence-corrected chi connectivity index (χ3v) is 12.8. The lowest BCUT2D eigenvalue weighted by molar-refractivity contribution is -0.136. The van der Waals surface area contributed by atoms with Crippen molar-refractivity contribution in [2.24, 2.45) is 0 Å². The molecule has 1 fully saturated rings. The number of thiazole rings is 1. The number of hydrogen-bond acceptors (Lipinski definition) is 13. The average molecular weight is 952 g/mol. The van der Waals surface area contributed by atoms with E-state index in [1.807, 2.05) is 54.6 Å². The van der Waals surface area contributed by atoms with Crippen LogP contribution in [0.5, 0.6) is 5.75 Å². The molecule has 7 amide bonds. The first-order chi connectivity index (χ1) is 32.2. The van der Waals surface area contributed by atoms with Crippen molar-refractivity contribution in [3.8, 4) is 17.0 Å². The summed E-state index contributed by atoms with van der Waals surface area (Å²) >= 11 is 1.23. The van der Waals surface area contributed by atoms with Crippen LogP contribution < -0.4 is 26.0 Å². The van der Waals surface area contributed by atoms with Gasteiger partial charge < -0.3 is 25.4 Å². The fraction of sp³-hybridized carbons (Fsp3) is 0.319. The lowest BCUT2D eigenvalue weighted by atomic mass is 10.0. The van der Waals surface area contributed by atoms with Gasteiger partial charge in [-0.2, -0.15) is 0 Å². The van der Waals surface area contributed by atoms with Gasteiger partial charge in [0, 0.05) is 42.7 Å². The lowest BCUT2D eigenvalue weighted by Gasteiger charge is -2.27. The van der Waals surface area contributed by atoms with Crippen molar-refractivity contribution >= 4 is 67.8 Å². The number of nitrogens with one attached hydrogen (secondary N) is 4. The highest BCUT2D eigenvalue weighted by Crippen LogP contribution is 2.34. The van der Waals surface area contributed by atoms with Gasteiger partial charge >= 0.3 is 0 Å². The van der Waals surface area contributed by atoms with Gasteiger partial charge in [0.2, 0.25) is 27.7 Å². The second-order valence-corrected chi connectivity index (χ2v) is 18.8. The topological polar surface area (TPSA) is 241 Å². The molecular formula is C47H49N7O11S2. The summed E-state index contributed by atoms with van der Waals surface area (Å²) in [5.74, 6) is -3.35. The number of carbonyl (C=O) groups is 7. The van der Waals surface area contributed by atoms with Crippen molar-refractivity contribution in [1.29, 1.82) is 0 Å². The van der Waals surface area contributed by atoms with Gasteiger partial charge in [-0.25, -0.2) is 13.4 Å². The molecule has 4 N–H and O–H groups in total. The molecule has 3 aromatic carbocycles. The van der Waals surface area contributed by atoms with Crippen molar-refractivity contribution < 1.29 is 51.5 Å². The Hall–Kier alpha value is -7.03. The number of piperidine rings is 1. The maximum atomic E-state index is 13.5. The number of ether oxygens (including phenoxy) is 2. The number of aromatic nitrogens is 2. The zero-order valence-electron chi connectivity index (χ0n) is 36.5. The molecule has 1 saturated heterocycles. The van der Waals surface area contributed by atoms with Crippen LogP contribution in [-0.4, -0.2) is 95.2 Å². The van der Waals surface area contributed by atoms with E-state index in [0.717, 1.165) is 57.3 Å². The molecule has 0 bridgehead atoms. The molecule has 2 aliphatic heterocycles. The second-order valence-electron chi connectivity index (χ2n) is 16.0. The average Bonchev–Trinajstić information content (AvgIpc) is 4.06. The summed E-state index contributed by atoms with van der Waals surface area (Å²) in [6.45, 7) is 0.548. The summed E-state index contributed by atoms with van der Waals surface area (Å²) < 4.78 is 36.6. The molecular weight excluding hydrogens is 903 g/mol. The zero-order chi connectivity index (χ0) is 47.5. The predicted molar refractivity (Wildman–Crippen MR) is 246 cm³/mol. The first-order valence-corrected chi connectivity index (χ1v) is 24.4. The maximum absolute atomic E-state index is 13.5. The van der Waals surface area contributed by atoms with E-state index in [1.165, 1.54) is 29.7 Å². The molecule has 2 aliphatic rings.